The number of fused-ring (bicyclic) bond motifs is 1. The highest BCUT2D eigenvalue weighted by molar-refractivity contribution is 6.03. The summed E-state index contributed by atoms with van der Waals surface area (Å²) in [4.78, 5) is 16.2. The van der Waals surface area contributed by atoms with E-state index >= 15 is 0 Å². The molecule has 3 rings (SSSR count). The summed E-state index contributed by atoms with van der Waals surface area (Å²) in [5, 5.41) is 10.2. The van der Waals surface area contributed by atoms with Crippen molar-refractivity contribution in [2.24, 2.45) is 0 Å². The van der Waals surface area contributed by atoms with Gasteiger partial charge < -0.3 is 5.11 Å². The third-order valence-electron chi connectivity index (χ3n) is 4.27. The maximum absolute atomic E-state index is 11.6. The Morgan fingerprint density at radius 2 is 1.79 bits per heavy atom. The molecule has 0 bridgehead atoms. The number of aromatic nitrogens is 1. The van der Waals surface area contributed by atoms with Crippen molar-refractivity contribution in [2.75, 3.05) is 0 Å². The molecule has 1 N–H and O–H groups in total. The van der Waals surface area contributed by atoms with Crippen molar-refractivity contribution in [3.8, 4) is 11.3 Å². The first-order valence-electron chi connectivity index (χ1n) is 8.41. The summed E-state index contributed by atoms with van der Waals surface area (Å²) >= 11 is 0. The lowest BCUT2D eigenvalue weighted by Gasteiger charge is -2.08. The van der Waals surface area contributed by atoms with Crippen LogP contribution < -0.4 is 0 Å². The smallest absolute Gasteiger partial charge is 0.336 e. The normalized spacial score (nSPS) is 10.9. The molecule has 0 radical (unpaired) electrons. The second-order valence-corrected chi connectivity index (χ2v) is 6.03. The van der Waals surface area contributed by atoms with E-state index in [1.165, 1.54) is 24.8 Å². The van der Waals surface area contributed by atoms with E-state index in [2.05, 4.69) is 24.0 Å². The summed E-state index contributed by atoms with van der Waals surface area (Å²) in [5.74, 6) is -0.925. The molecule has 122 valence electrons. The van der Waals surface area contributed by atoms with Crippen LogP contribution in [0.25, 0.3) is 22.2 Å². The van der Waals surface area contributed by atoms with Gasteiger partial charge in [0.2, 0.25) is 0 Å². The van der Waals surface area contributed by atoms with Crippen LogP contribution in [-0.2, 0) is 6.42 Å². The van der Waals surface area contributed by atoms with E-state index in [0.717, 1.165) is 12.0 Å². The molecule has 3 heteroatoms. The van der Waals surface area contributed by atoms with Crippen molar-refractivity contribution in [2.45, 2.75) is 32.6 Å². The fraction of sp³-hybridized carbons (Fsp3) is 0.238. The first-order valence-corrected chi connectivity index (χ1v) is 8.41. The zero-order chi connectivity index (χ0) is 16.9. The molecule has 0 spiro atoms. The molecule has 0 fully saturated rings. The van der Waals surface area contributed by atoms with Crippen LogP contribution in [0.15, 0.2) is 54.6 Å². The van der Waals surface area contributed by atoms with Gasteiger partial charge in [-0.05, 0) is 30.5 Å². The molecule has 2 aromatic carbocycles. The maximum atomic E-state index is 11.6. The summed E-state index contributed by atoms with van der Waals surface area (Å²) in [7, 11) is 0. The van der Waals surface area contributed by atoms with Gasteiger partial charge in [0, 0.05) is 10.9 Å². The van der Waals surface area contributed by atoms with Gasteiger partial charge in [-0.15, -0.1) is 0 Å². The van der Waals surface area contributed by atoms with Crippen molar-refractivity contribution in [1.82, 2.24) is 4.98 Å². The maximum Gasteiger partial charge on any atom is 0.336 e. The molecule has 0 aliphatic heterocycles. The van der Waals surface area contributed by atoms with E-state index < -0.39 is 5.97 Å². The molecule has 1 heterocycles. The number of para-hydroxylation sites is 1. The van der Waals surface area contributed by atoms with E-state index in [1.54, 1.807) is 12.1 Å². The second kappa shape index (κ2) is 7.26. The highest BCUT2D eigenvalue weighted by Crippen LogP contribution is 2.25. The van der Waals surface area contributed by atoms with Crippen molar-refractivity contribution in [3.63, 3.8) is 0 Å². The van der Waals surface area contributed by atoms with Gasteiger partial charge >= 0.3 is 5.97 Å². The summed E-state index contributed by atoms with van der Waals surface area (Å²) in [6, 6.07) is 17.3. The lowest BCUT2D eigenvalue weighted by molar-refractivity contribution is 0.0699. The number of pyridine rings is 1. The molecule has 0 unspecified atom stereocenters. The number of aromatic carboxylic acids is 1. The third kappa shape index (κ3) is 3.46. The van der Waals surface area contributed by atoms with Crippen LogP contribution in [0.1, 0.15) is 42.1 Å². The largest absolute Gasteiger partial charge is 0.478 e. The van der Waals surface area contributed by atoms with Crippen molar-refractivity contribution in [1.29, 1.82) is 0 Å². The Morgan fingerprint density at radius 3 is 2.50 bits per heavy atom. The van der Waals surface area contributed by atoms with Crippen LogP contribution in [0, 0.1) is 0 Å². The number of nitrogens with zero attached hydrogens (tertiary/aromatic N) is 1. The minimum atomic E-state index is -0.925. The van der Waals surface area contributed by atoms with Gasteiger partial charge in [-0.2, -0.15) is 0 Å². The minimum Gasteiger partial charge on any atom is -0.478 e. The van der Waals surface area contributed by atoms with Gasteiger partial charge in [0.25, 0.3) is 0 Å². The fourth-order valence-electron chi connectivity index (χ4n) is 2.92. The molecule has 24 heavy (non-hydrogen) atoms. The number of aryl methyl sites for hydroxylation is 1. The van der Waals surface area contributed by atoms with Crippen LogP contribution in [0.2, 0.25) is 0 Å². The lowest BCUT2D eigenvalue weighted by Crippen LogP contribution is -2.00. The molecule has 3 aromatic rings. The Labute approximate surface area is 142 Å². The van der Waals surface area contributed by atoms with Crippen LogP contribution >= 0.6 is 0 Å². The number of benzene rings is 2. The number of carboxylic acid groups (broad SMARTS) is 1. The standard InChI is InChI=1S/C21H21NO2/c1-2-3-4-7-15-10-12-16(13-11-15)20-14-18(21(23)24)17-8-5-6-9-19(17)22-20/h5-6,8-14H,2-4,7H2,1H3,(H,23,24). The number of hydrogen-bond acceptors (Lipinski definition) is 2. The predicted molar refractivity (Wildman–Crippen MR) is 97.4 cm³/mol. The van der Waals surface area contributed by atoms with Crippen molar-refractivity contribution in [3.05, 3.63) is 65.7 Å². The molecule has 0 saturated carbocycles. The number of carbonyl (C=O) groups is 1. The average molecular weight is 319 g/mol. The highest BCUT2D eigenvalue weighted by Gasteiger charge is 2.12. The van der Waals surface area contributed by atoms with E-state index in [-0.39, 0.29) is 0 Å². The predicted octanol–water partition coefficient (Wildman–Crippen LogP) is 5.33. The number of carboxylic acids is 1. The average Bonchev–Trinajstić information content (AvgIpc) is 2.61. The van der Waals surface area contributed by atoms with Crippen LogP contribution in [0.5, 0.6) is 0 Å². The molecular weight excluding hydrogens is 298 g/mol. The fourth-order valence-corrected chi connectivity index (χ4v) is 2.92. The SMILES string of the molecule is CCCCCc1ccc(-c2cc(C(=O)O)c3ccccc3n2)cc1. The van der Waals surface area contributed by atoms with Crippen LogP contribution in [0.4, 0.5) is 0 Å². The van der Waals surface area contributed by atoms with Gasteiger partial charge in [-0.1, -0.05) is 62.2 Å². The number of unbranched alkanes of at least 4 members (excludes halogenated alkanes) is 2. The molecule has 3 nitrogen and oxygen atoms in total. The summed E-state index contributed by atoms with van der Waals surface area (Å²) < 4.78 is 0. The molecule has 0 amide bonds. The molecule has 0 aliphatic rings. The minimum absolute atomic E-state index is 0.294. The Kier molecular flexibility index (Phi) is 4.90. The quantitative estimate of drug-likeness (QED) is 0.624. The molecule has 0 aliphatic carbocycles. The van der Waals surface area contributed by atoms with Crippen LogP contribution in [-0.4, -0.2) is 16.1 Å². The first kappa shape index (κ1) is 16.2. The second-order valence-electron chi connectivity index (χ2n) is 6.03. The lowest BCUT2D eigenvalue weighted by atomic mass is 10.0. The summed E-state index contributed by atoms with van der Waals surface area (Å²) in [5.41, 5.74) is 3.96. The Hall–Kier alpha value is -2.68. The van der Waals surface area contributed by atoms with Gasteiger partial charge in [0.15, 0.2) is 0 Å². The van der Waals surface area contributed by atoms with Gasteiger partial charge in [-0.25, -0.2) is 9.78 Å². The molecular formula is C21H21NO2. The third-order valence-corrected chi connectivity index (χ3v) is 4.27. The zero-order valence-corrected chi connectivity index (χ0v) is 13.8. The monoisotopic (exact) mass is 319 g/mol. The number of hydrogen-bond donors (Lipinski definition) is 1. The van der Waals surface area contributed by atoms with Crippen molar-refractivity contribution < 1.29 is 9.90 Å². The van der Waals surface area contributed by atoms with Crippen LogP contribution in [0.3, 0.4) is 0 Å². The van der Waals surface area contributed by atoms with Gasteiger partial charge in [0.1, 0.15) is 0 Å². The van der Waals surface area contributed by atoms with Gasteiger partial charge in [-0.3, -0.25) is 0 Å². The first-order chi connectivity index (χ1) is 11.7. The Bertz CT molecular complexity index is 853. The number of rotatable bonds is 6. The summed E-state index contributed by atoms with van der Waals surface area (Å²) in [6.45, 7) is 2.20. The van der Waals surface area contributed by atoms with E-state index in [9.17, 15) is 9.90 Å². The Morgan fingerprint density at radius 1 is 1.04 bits per heavy atom. The summed E-state index contributed by atoms with van der Waals surface area (Å²) in [6.07, 6.45) is 4.75. The zero-order valence-electron chi connectivity index (χ0n) is 13.8. The van der Waals surface area contributed by atoms with E-state index in [4.69, 9.17) is 0 Å². The van der Waals surface area contributed by atoms with Gasteiger partial charge in [0.05, 0.1) is 16.8 Å². The highest BCUT2D eigenvalue weighted by atomic mass is 16.4. The van der Waals surface area contributed by atoms with E-state index in [0.29, 0.717) is 22.2 Å². The Balaban J connectivity index is 1.95. The molecule has 0 atom stereocenters. The van der Waals surface area contributed by atoms with E-state index in [1.807, 2.05) is 30.3 Å². The molecule has 0 saturated heterocycles. The van der Waals surface area contributed by atoms with Crippen molar-refractivity contribution >= 4 is 16.9 Å². The molecule has 1 aromatic heterocycles. The topological polar surface area (TPSA) is 50.2 Å².